The molecule has 0 spiro atoms. The highest BCUT2D eigenvalue weighted by Crippen LogP contribution is 2.17. The lowest BCUT2D eigenvalue weighted by Crippen LogP contribution is -2.31. The van der Waals surface area contributed by atoms with Crippen LogP contribution in [-0.2, 0) is 4.79 Å². The van der Waals surface area contributed by atoms with Gasteiger partial charge in [0.1, 0.15) is 6.04 Å². The van der Waals surface area contributed by atoms with Gasteiger partial charge >= 0.3 is 0 Å². The van der Waals surface area contributed by atoms with E-state index in [4.69, 9.17) is 11.6 Å². The minimum absolute atomic E-state index is 0.101. The molecule has 21 heavy (non-hydrogen) atoms. The number of aryl methyl sites for hydroxylation is 2. The van der Waals surface area contributed by atoms with Crippen LogP contribution >= 0.6 is 11.6 Å². The minimum atomic E-state index is -0.342. The molecule has 0 bridgehead atoms. The third-order valence-electron chi connectivity index (χ3n) is 3.09. The number of rotatable bonds is 4. The second kappa shape index (κ2) is 6.64. The molecule has 2 rings (SSSR count). The minimum Gasteiger partial charge on any atom is -0.374 e. The van der Waals surface area contributed by atoms with Gasteiger partial charge in [0.25, 0.3) is 0 Å². The van der Waals surface area contributed by atoms with Gasteiger partial charge in [0, 0.05) is 16.4 Å². The van der Waals surface area contributed by atoms with E-state index in [-0.39, 0.29) is 11.9 Å². The van der Waals surface area contributed by atoms with E-state index in [2.05, 4.69) is 16.7 Å². The average Bonchev–Trinajstić information content (AvgIpc) is 2.37. The van der Waals surface area contributed by atoms with E-state index in [0.29, 0.717) is 10.7 Å². The molecule has 1 unspecified atom stereocenters. The molecule has 2 aromatic carbocycles. The largest absolute Gasteiger partial charge is 0.374 e. The number of carbonyl (C=O) groups excluding carboxylic acids is 1. The fraction of sp³-hybridized carbons (Fsp3) is 0.235. The maximum atomic E-state index is 12.2. The molecule has 2 aromatic rings. The zero-order chi connectivity index (χ0) is 15.4. The van der Waals surface area contributed by atoms with E-state index in [1.54, 1.807) is 18.2 Å². The van der Waals surface area contributed by atoms with E-state index < -0.39 is 0 Å². The lowest BCUT2D eigenvalue weighted by atomic mass is 10.1. The van der Waals surface area contributed by atoms with Crippen LogP contribution in [-0.4, -0.2) is 11.9 Å². The molecule has 0 radical (unpaired) electrons. The predicted molar refractivity (Wildman–Crippen MR) is 89.1 cm³/mol. The molecule has 0 aromatic heterocycles. The second-order valence-electron chi connectivity index (χ2n) is 5.24. The summed E-state index contributed by atoms with van der Waals surface area (Å²) in [7, 11) is 0. The number of nitrogens with one attached hydrogen (secondary N) is 2. The van der Waals surface area contributed by atoms with Crippen LogP contribution in [0.1, 0.15) is 18.1 Å². The third-order valence-corrected chi connectivity index (χ3v) is 3.33. The van der Waals surface area contributed by atoms with Gasteiger partial charge in [-0.3, -0.25) is 4.79 Å². The highest BCUT2D eigenvalue weighted by atomic mass is 35.5. The SMILES string of the molecule is Cc1cc(C)cc(NC(C)C(=O)Nc2cccc(Cl)c2)c1. The van der Waals surface area contributed by atoms with Gasteiger partial charge in [-0.1, -0.05) is 23.7 Å². The van der Waals surface area contributed by atoms with Gasteiger partial charge in [0.15, 0.2) is 0 Å². The predicted octanol–water partition coefficient (Wildman–Crippen LogP) is 4.40. The van der Waals surface area contributed by atoms with Crippen molar-refractivity contribution in [3.05, 3.63) is 58.6 Å². The molecule has 1 amide bonds. The molecule has 0 fully saturated rings. The first-order valence-corrected chi connectivity index (χ1v) is 7.23. The van der Waals surface area contributed by atoms with Crippen LogP contribution in [0.3, 0.4) is 0 Å². The van der Waals surface area contributed by atoms with Crippen LogP contribution in [0.5, 0.6) is 0 Å². The number of benzene rings is 2. The van der Waals surface area contributed by atoms with Crippen LogP contribution in [0.15, 0.2) is 42.5 Å². The molecule has 110 valence electrons. The van der Waals surface area contributed by atoms with Gasteiger partial charge in [-0.25, -0.2) is 0 Å². The number of amides is 1. The highest BCUT2D eigenvalue weighted by Gasteiger charge is 2.13. The van der Waals surface area contributed by atoms with Crippen molar-refractivity contribution in [1.29, 1.82) is 0 Å². The van der Waals surface area contributed by atoms with Gasteiger partial charge in [-0.15, -0.1) is 0 Å². The van der Waals surface area contributed by atoms with Crippen molar-refractivity contribution < 1.29 is 4.79 Å². The van der Waals surface area contributed by atoms with Crippen molar-refractivity contribution in [2.75, 3.05) is 10.6 Å². The van der Waals surface area contributed by atoms with Crippen molar-refractivity contribution in [2.24, 2.45) is 0 Å². The number of hydrogen-bond acceptors (Lipinski definition) is 2. The van der Waals surface area contributed by atoms with Crippen molar-refractivity contribution in [2.45, 2.75) is 26.8 Å². The Balaban J connectivity index is 2.02. The molecule has 1 atom stereocenters. The molecule has 4 heteroatoms. The summed E-state index contributed by atoms with van der Waals surface area (Å²) in [4.78, 5) is 12.2. The maximum Gasteiger partial charge on any atom is 0.246 e. The lowest BCUT2D eigenvalue weighted by Gasteiger charge is -2.16. The summed E-state index contributed by atoms with van der Waals surface area (Å²) in [6, 6.07) is 12.9. The van der Waals surface area contributed by atoms with Crippen LogP contribution in [0.2, 0.25) is 5.02 Å². The van der Waals surface area contributed by atoms with E-state index >= 15 is 0 Å². The van der Waals surface area contributed by atoms with Crippen molar-refractivity contribution in [3.8, 4) is 0 Å². The molecule has 0 aliphatic rings. The first-order chi connectivity index (χ1) is 9.94. The van der Waals surface area contributed by atoms with E-state index in [0.717, 1.165) is 5.69 Å². The van der Waals surface area contributed by atoms with Gasteiger partial charge in [-0.05, 0) is 62.2 Å². The summed E-state index contributed by atoms with van der Waals surface area (Å²) < 4.78 is 0. The standard InChI is InChI=1S/C17H19ClN2O/c1-11-7-12(2)9-16(8-11)19-13(3)17(21)20-15-6-4-5-14(18)10-15/h4-10,13,19H,1-3H3,(H,20,21). The first kappa shape index (κ1) is 15.4. The quantitative estimate of drug-likeness (QED) is 0.879. The number of halogens is 1. The Morgan fingerprint density at radius 3 is 2.33 bits per heavy atom. The molecule has 3 nitrogen and oxygen atoms in total. The topological polar surface area (TPSA) is 41.1 Å². The molecule has 0 heterocycles. The van der Waals surface area contributed by atoms with Crippen LogP contribution in [0.4, 0.5) is 11.4 Å². The molecule has 0 saturated heterocycles. The average molecular weight is 303 g/mol. The molecule has 0 saturated carbocycles. The summed E-state index contributed by atoms with van der Waals surface area (Å²) in [6.45, 7) is 5.90. The Bertz CT molecular complexity index is 635. The Kier molecular flexibility index (Phi) is 4.86. The van der Waals surface area contributed by atoms with Crippen molar-refractivity contribution in [3.63, 3.8) is 0 Å². The summed E-state index contributed by atoms with van der Waals surface area (Å²) >= 11 is 5.91. The monoisotopic (exact) mass is 302 g/mol. The normalized spacial score (nSPS) is 11.8. The number of anilines is 2. The Morgan fingerprint density at radius 2 is 1.71 bits per heavy atom. The fourth-order valence-corrected chi connectivity index (χ4v) is 2.38. The van der Waals surface area contributed by atoms with Crippen LogP contribution in [0.25, 0.3) is 0 Å². The summed E-state index contributed by atoms with van der Waals surface area (Å²) in [5.41, 5.74) is 3.97. The molecular weight excluding hydrogens is 284 g/mol. The van der Waals surface area contributed by atoms with Crippen molar-refractivity contribution in [1.82, 2.24) is 0 Å². The lowest BCUT2D eigenvalue weighted by molar-refractivity contribution is -0.116. The molecule has 0 aliphatic carbocycles. The smallest absolute Gasteiger partial charge is 0.246 e. The first-order valence-electron chi connectivity index (χ1n) is 6.85. The van der Waals surface area contributed by atoms with Crippen molar-refractivity contribution >= 4 is 28.9 Å². The Labute approximate surface area is 130 Å². The zero-order valence-electron chi connectivity index (χ0n) is 12.4. The van der Waals surface area contributed by atoms with Gasteiger partial charge in [0.05, 0.1) is 0 Å². The van der Waals surface area contributed by atoms with Gasteiger partial charge in [-0.2, -0.15) is 0 Å². The summed E-state index contributed by atoms with van der Waals surface area (Å²) in [5, 5.41) is 6.66. The van der Waals surface area contributed by atoms with Crippen LogP contribution < -0.4 is 10.6 Å². The summed E-state index contributed by atoms with van der Waals surface area (Å²) in [6.07, 6.45) is 0. The van der Waals surface area contributed by atoms with E-state index in [9.17, 15) is 4.79 Å². The molecule has 2 N–H and O–H groups in total. The van der Waals surface area contributed by atoms with Crippen LogP contribution in [0, 0.1) is 13.8 Å². The van der Waals surface area contributed by atoms with E-state index in [1.165, 1.54) is 11.1 Å². The highest BCUT2D eigenvalue weighted by molar-refractivity contribution is 6.30. The third kappa shape index (κ3) is 4.50. The van der Waals surface area contributed by atoms with E-state index in [1.807, 2.05) is 39.0 Å². The van der Waals surface area contributed by atoms with Gasteiger partial charge < -0.3 is 10.6 Å². The zero-order valence-corrected chi connectivity index (χ0v) is 13.2. The molecule has 0 aliphatic heterocycles. The Morgan fingerprint density at radius 1 is 1.05 bits per heavy atom. The second-order valence-corrected chi connectivity index (χ2v) is 5.68. The summed E-state index contributed by atoms with van der Waals surface area (Å²) in [5.74, 6) is -0.101. The maximum absolute atomic E-state index is 12.2. The Hall–Kier alpha value is -2.00. The van der Waals surface area contributed by atoms with Gasteiger partial charge in [0.2, 0.25) is 5.91 Å². The fourth-order valence-electron chi connectivity index (χ4n) is 2.19. The number of hydrogen-bond donors (Lipinski definition) is 2. The molecular formula is C17H19ClN2O. The number of carbonyl (C=O) groups is 1.